The Morgan fingerprint density at radius 1 is 1.15 bits per heavy atom. The number of hydrogen-bond donors (Lipinski definition) is 3. The first kappa shape index (κ1) is 23.4. The number of amides is 1. The van der Waals surface area contributed by atoms with E-state index >= 15 is 0 Å². The third-order valence-corrected chi connectivity index (χ3v) is 6.12. The minimum Gasteiger partial charge on any atom is -0.457 e. The van der Waals surface area contributed by atoms with Gasteiger partial charge < -0.3 is 25.7 Å². The van der Waals surface area contributed by atoms with Gasteiger partial charge in [-0.1, -0.05) is 19.9 Å². The third kappa shape index (κ3) is 4.65. The minimum atomic E-state index is 0.124. The van der Waals surface area contributed by atoms with Gasteiger partial charge in [-0.05, 0) is 48.9 Å². The van der Waals surface area contributed by atoms with Crippen LogP contribution in [0.5, 0.6) is 11.5 Å². The van der Waals surface area contributed by atoms with Crippen molar-refractivity contribution < 1.29 is 9.53 Å². The largest absolute Gasteiger partial charge is 0.457 e. The maximum absolute atomic E-state index is 12.8. The molecule has 0 bridgehead atoms. The van der Waals surface area contributed by atoms with E-state index in [1.807, 2.05) is 68.3 Å². The van der Waals surface area contributed by atoms with Gasteiger partial charge in [-0.2, -0.15) is 0 Å². The van der Waals surface area contributed by atoms with Crippen molar-refractivity contribution in [1.82, 2.24) is 15.2 Å². The first-order valence-electron chi connectivity index (χ1n) is 11.8. The highest BCUT2D eigenvalue weighted by molar-refractivity contribution is 5.99. The highest BCUT2D eigenvalue weighted by Gasteiger charge is 2.34. The maximum Gasteiger partial charge on any atom is 0.254 e. The molecule has 1 fully saturated rings. The van der Waals surface area contributed by atoms with Crippen molar-refractivity contribution in [2.75, 3.05) is 25.5 Å². The first-order valence-corrected chi connectivity index (χ1v) is 11.8. The van der Waals surface area contributed by atoms with Crippen molar-refractivity contribution in [3.05, 3.63) is 71.4 Å². The molecule has 2 aromatic carbocycles. The molecule has 2 aliphatic rings. The highest BCUT2D eigenvalue weighted by Crippen LogP contribution is 2.32. The Morgan fingerprint density at radius 3 is 2.71 bits per heavy atom. The fourth-order valence-corrected chi connectivity index (χ4v) is 4.41. The van der Waals surface area contributed by atoms with Crippen LogP contribution >= 0.6 is 0 Å². The van der Waals surface area contributed by atoms with Gasteiger partial charge in [-0.15, -0.1) is 0 Å². The summed E-state index contributed by atoms with van der Waals surface area (Å²) in [6, 6.07) is 15.5. The van der Waals surface area contributed by atoms with Crippen molar-refractivity contribution >= 4 is 17.8 Å². The van der Waals surface area contributed by atoms with Crippen molar-refractivity contribution in [2.24, 2.45) is 0 Å². The van der Waals surface area contributed by atoms with Crippen LogP contribution in [-0.2, 0) is 6.54 Å². The molecule has 0 radical (unpaired) electrons. The topological polar surface area (TPSA) is 90.3 Å². The lowest BCUT2D eigenvalue weighted by atomic mass is 10.0. The molecule has 1 saturated heterocycles. The molecule has 1 amide bonds. The number of carbonyl (C=O) groups excluding carboxylic acids is 1. The maximum atomic E-state index is 12.8. The fraction of sp³-hybridized carbons (Fsp3) is 0.296. The van der Waals surface area contributed by atoms with E-state index in [0.29, 0.717) is 18.0 Å². The Labute approximate surface area is 200 Å². The molecule has 0 aliphatic carbocycles. The van der Waals surface area contributed by atoms with Crippen molar-refractivity contribution in [3.8, 4) is 22.8 Å². The van der Waals surface area contributed by atoms with Crippen LogP contribution in [0.2, 0.25) is 0 Å². The minimum absolute atomic E-state index is 0.124. The Hall–Kier alpha value is -3.71. The molecule has 1 aromatic heterocycles. The molecule has 3 aromatic rings. The van der Waals surface area contributed by atoms with E-state index in [4.69, 9.17) is 10.1 Å². The molecule has 3 heterocycles. The van der Waals surface area contributed by atoms with E-state index in [1.54, 1.807) is 6.20 Å². The predicted molar refractivity (Wildman–Crippen MR) is 136 cm³/mol. The number of nitrogens with zero attached hydrogens (tertiary/aromatic N) is 2. The first-order chi connectivity index (χ1) is 16.7. The number of nitrogens with one attached hydrogen (secondary N) is 3. The quantitative estimate of drug-likeness (QED) is 0.457. The Bertz CT molecular complexity index is 1190. The molecule has 0 unspecified atom stereocenters. The number of aromatic nitrogens is 1. The summed E-state index contributed by atoms with van der Waals surface area (Å²) in [6.45, 7) is 6.48. The summed E-state index contributed by atoms with van der Waals surface area (Å²) in [7, 11) is 1.82. The van der Waals surface area contributed by atoms with E-state index in [9.17, 15) is 4.79 Å². The lowest BCUT2D eigenvalue weighted by Crippen LogP contribution is -2.36. The highest BCUT2D eigenvalue weighted by atomic mass is 16.5. The molecular weight excluding hydrogens is 426 g/mol. The van der Waals surface area contributed by atoms with Crippen LogP contribution in [0.3, 0.4) is 0 Å². The van der Waals surface area contributed by atoms with Crippen LogP contribution in [0.25, 0.3) is 11.3 Å². The Kier molecular flexibility index (Phi) is 7.23. The van der Waals surface area contributed by atoms with Crippen molar-refractivity contribution in [2.45, 2.75) is 32.9 Å². The molecule has 0 spiro atoms. The van der Waals surface area contributed by atoms with Crippen LogP contribution < -0.4 is 15.4 Å². The lowest BCUT2D eigenvalue weighted by molar-refractivity contribution is 0.0717. The number of carbonyl (C=O) groups is 1. The average Bonchev–Trinajstić information content (AvgIpc) is 3.53. The van der Waals surface area contributed by atoms with Gasteiger partial charge in [0.2, 0.25) is 0 Å². The molecule has 2 aliphatic heterocycles. The number of rotatable bonds is 6. The zero-order valence-electron chi connectivity index (χ0n) is 19.9. The van der Waals surface area contributed by atoms with Crippen LogP contribution in [0.4, 0.5) is 5.69 Å². The van der Waals surface area contributed by atoms with Gasteiger partial charge in [0.25, 0.3) is 5.91 Å². The van der Waals surface area contributed by atoms with E-state index in [2.05, 4.69) is 21.7 Å². The van der Waals surface area contributed by atoms with E-state index in [0.717, 1.165) is 53.1 Å². The zero-order valence-corrected chi connectivity index (χ0v) is 19.9. The van der Waals surface area contributed by atoms with Gasteiger partial charge in [-0.25, -0.2) is 0 Å². The molecule has 5 rings (SSSR count). The third-order valence-electron chi connectivity index (χ3n) is 6.12. The summed E-state index contributed by atoms with van der Waals surface area (Å²) < 4.78 is 6.05. The summed E-state index contributed by atoms with van der Waals surface area (Å²) in [5.41, 5.74) is 5.22. The van der Waals surface area contributed by atoms with E-state index in [1.165, 1.54) is 6.21 Å². The van der Waals surface area contributed by atoms with Crippen molar-refractivity contribution in [1.29, 1.82) is 5.41 Å². The van der Waals surface area contributed by atoms with Crippen LogP contribution in [0.15, 0.2) is 54.7 Å². The zero-order chi connectivity index (χ0) is 24.1. The fourth-order valence-electron chi connectivity index (χ4n) is 4.41. The SMILES string of the molecule is CC.CNc1cc(Oc2ccnc(-c3ccc4c(c3)CN([C@@H]3CCNC3)C4=O)c2)ccc1C=N. The second-order valence-electron chi connectivity index (χ2n) is 8.07. The predicted octanol–water partition coefficient (Wildman–Crippen LogP) is 4.92. The molecule has 34 heavy (non-hydrogen) atoms. The molecule has 7 heteroatoms. The van der Waals surface area contributed by atoms with Crippen molar-refractivity contribution in [3.63, 3.8) is 0 Å². The Morgan fingerprint density at radius 2 is 1.97 bits per heavy atom. The molecule has 7 nitrogen and oxygen atoms in total. The van der Waals surface area contributed by atoms with Gasteiger partial charge in [-0.3, -0.25) is 9.78 Å². The normalized spacial score (nSPS) is 16.5. The summed E-state index contributed by atoms with van der Waals surface area (Å²) in [5.74, 6) is 1.48. The Balaban J connectivity index is 0.00000133. The number of ether oxygens (including phenoxy) is 1. The number of pyridine rings is 1. The number of fused-ring (bicyclic) bond motifs is 1. The van der Waals surface area contributed by atoms with E-state index < -0.39 is 0 Å². The molecule has 0 saturated carbocycles. The molecule has 3 N–H and O–H groups in total. The second-order valence-corrected chi connectivity index (χ2v) is 8.07. The summed E-state index contributed by atoms with van der Waals surface area (Å²) >= 11 is 0. The monoisotopic (exact) mass is 457 g/mol. The standard InChI is InChI=1S/C25H25N5O2.C2H6/c1-27-23-11-20(4-2-17(23)13-26)32-21-7-9-29-24(12-21)16-3-5-22-18(10-16)15-30(25(22)31)19-6-8-28-14-19;1-2/h2-5,7,9-13,19,26-28H,6,8,14-15H2,1H3;1-2H3/t19-;/m1./s1. The van der Waals surface area contributed by atoms with Crippen LogP contribution in [-0.4, -0.2) is 48.2 Å². The van der Waals surface area contributed by atoms with Gasteiger partial charge in [0.05, 0.1) is 5.69 Å². The molecule has 1 atom stereocenters. The van der Waals surface area contributed by atoms with Gasteiger partial charge in [0.1, 0.15) is 11.5 Å². The van der Waals surface area contributed by atoms with Gasteiger partial charge in [0.15, 0.2) is 0 Å². The summed E-state index contributed by atoms with van der Waals surface area (Å²) in [4.78, 5) is 19.3. The average molecular weight is 458 g/mol. The molecular formula is C27H31N5O2. The molecule has 176 valence electrons. The van der Waals surface area contributed by atoms with E-state index in [-0.39, 0.29) is 11.9 Å². The summed E-state index contributed by atoms with van der Waals surface area (Å²) in [6.07, 6.45) is 4.04. The van der Waals surface area contributed by atoms with Gasteiger partial charge >= 0.3 is 0 Å². The lowest BCUT2D eigenvalue weighted by Gasteiger charge is -2.22. The number of anilines is 1. The van der Waals surface area contributed by atoms with Crippen LogP contribution in [0, 0.1) is 5.41 Å². The second kappa shape index (κ2) is 10.5. The number of benzene rings is 2. The number of hydrogen-bond acceptors (Lipinski definition) is 6. The smallest absolute Gasteiger partial charge is 0.254 e. The van der Waals surface area contributed by atoms with Crippen LogP contribution in [0.1, 0.15) is 41.8 Å². The summed E-state index contributed by atoms with van der Waals surface area (Å²) in [5, 5.41) is 13.9. The van der Waals surface area contributed by atoms with Gasteiger partial charge in [0, 0.05) is 73.1 Å².